The van der Waals surface area contributed by atoms with Crippen molar-refractivity contribution in [3.63, 3.8) is 0 Å². The van der Waals surface area contributed by atoms with Crippen molar-refractivity contribution >= 4 is 11.8 Å². The van der Waals surface area contributed by atoms with E-state index >= 15 is 0 Å². The normalized spacial score (nSPS) is 14.7. The van der Waals surface area contributed by atoms with Crippen LogP contribution in [0.1, 0.15) is 0 Å². The molecule has 2 heterocycles. The summed E-state index contributed by atoms with van der Waals surface area (Å²) in [6.45, 7) is 4.46. The number of hydrogen-bond acceptors (Lipinski definition) is 6. The van der Waals surface area contributed by atoms with E-state index in [0.717, 1.165) is 43.4 Å². The Hall–Kier alpha value is -2.18. The van der Waals surface area contributed by atoms with Gasteiger partial charge in [0.2, 0.25) is 5.95 Å². The monoisotopic (exact) mass is 314 g/mol. The number of benzene rings is 1. The molecule has 0 saturated carbocycles. The molecule has 1 aromatic carbocycles. The number of rotatable bonds is 6. The van der Waals surface area contributed by atoms with Gasteiger partial charge in [-0.1, -0.05) is 30.3 Å². The van der Waals surface area contributed by atoms with Crippen LogP contribution in [0.4, 0.5) is 11.8 Å². The van der Waals surface area contributed by atoms with Gasteiger partial charge in [-0.2, -0.15) is 4.98 Å². The average Bonchev–Trinajstić information content (AvgIpc) is 2.63. The predicted molar refractivity (Wildman–Crippen MR) is 90.9 cm³/mol. The number of hydrogen-bond donors (Lipinski definition) is 1. The lowest BCUT2D eigenvalue weighted by Gasteiger charge is -2.28. The first-order valence-corrected chi connectivity index (χ1v) is 7.87. The number of ether oxygens (including phenoxy) is 2. The second kappa shape index (κ2) is 7.89. The highest BCUT2D eigenvalue weighted by atomic mass is 16.5. The number of nitrogens with one attached hydrogen (secondary N) is 1. The lowest BCUT2D eigenvalue weighted by Crippen LogP contribution is -2.37. The van der Waals surface area contributed by atoms with Gasteiger partial charge in [-0.05, 0) is 0 Å². The molecule has 1 aliphatic heterocycles. The minimum atomic E-state index is 0.617. The summed E-state index contributed by atoms with van der Waals surface area (Å²) in [7, 11) is 1.68. The number of morpholine rings is 1. The zero-order valence-corrected chi connectivity index (χ0v) is 13.4. The van der Waals surface area contributed by atoms with Crippen molar-refractivity contribution in [1.82, 2.24) is 9.97 Å². The molecule has 1 aromatic heterocycles. The molecule has 6 nitrogen and oxygen atoms in total. The van der Waals surface area contributed by atoms with Gasteiger partial charge in [0, 0.05) is 38.4 Å². The molecule has 1 N–H and O–H groups in total. The predicted octanol–water partition coefficient (Wildman–Crippen LogP) is 2.04. The van der Waals surface area contributed by atoms with Crippen LogP contribution < -0.4 is 10.2 Å². The fraction of sp³-hybridized carbons (Fsp3) is 0.412. The highest BCUT2D eigenvalue weighted by Crippen LogP contribution is 2.23. The molecule has 0 bridgehead atoms. The van der Waals surface area contributed by atoms with E-state index in [4.69, 9.17) is 9.47 Å². The average molecular weight is 314 g/mol. The molecule has 122 valence electrons. The van der Waals surface area contributed by atoms with Crippen molar-refractivity contribution in [3.05, 3.63) is 36.4 Å². The van der Waals surface area contributed by atoms with E-state index in [1.165, 1.54) is 0 Å². The SMILES string of the molecule is COCCNc1nc(-c2ccccc2)cc(N2CCOCC2)n1. The summed E-state index contributed by atoms with van der Waals surface area (Å²) < 4.78 is 10.5. The van der Waals surface area contributed by atoms with Crippen LogP contribution in [0.25, 0.3) is 11.3 Å². The van der Waals surface area contributed by atoms with E-state index in [0.29, 0.717) is 19.1 Å². The third-order valence-corrected chi connectivity index (χ3v) is 3.71. The van der Waals surface area contributed by atoms with Gasteiger partial charge >= 0.3 is 0 Å². The molecule has 0 unspecified atom stereocenters. The number of nitrogens with zero attached hydrogens (tertiary/aromatic N) is 3. The van der Waals surface area contributed by atoms with E-state index in [9.17, 15) is 0 Å². The van der Waals surface area contributed by atoms with E-state index in [1.807, 2.05) is 24.3 Å². The Balaban J connectivity index is 1.89. The van der Waals surface area contributed by atoms with E-state index in [1.54, 1.807) is 7.11 Å². The third-order valence-electron chi connectivity index (χ3n) is 3.71. The summed E-state index contributed by atoms with van der Waals surface area (Å²) in [5, 5.41) is 3.23. The van der Waals surface area contributed by atoms with Gasteiger partial charge in [0.25, 0.3) is 0 Å². The van der Waals surface area contributed by atoms with Crippen LogP contribution >= 0.6 is 0 Å². The van der Waals surface area contributed by atoms with Crippen molar-refractivity contribution < 1.29 is 9.47 Å². The molecular formula is C17H22N4O2. The fourth-order valence-corrected chi connectivity index (χ4v) is 2.49. The van der Waals surface area contributed by atoms with Crippen LogP contribution in [0.3, 0.4) is 0 Å². The second-order valence-electron chi connectivity index (χ2n) is 5.32. The summed E-state index contributed by atoms with van der Waals surface area (Å²) in [6, 6.07) is 12.2. The summed E-state index contributed by atoms with van der Waals surface area (Å²) in [6.07, 6.45) is 0. The molecule has 1 saturated heterocycles. The third kappa shape index (κ3) is 4.18. The molecule has 23 heavy (non-hydrogen) atoms. The highest BCUT2D eigenvalue weighted by Gasteiger charge is 2.15. The van der Waals surface area contributed by atoms with Crippen LogP contribution in [0.2, 0.25) is 0 Å². The minimum absolute atomic E-state index is 0.617. The van der Waals surface area contributed by atoms with Crippen molar-refractivity contribution in [3.8, 4) is 11.3 Å². The van der Waals surface area contributed by atoms with Crippen molar-refractivity contribution in [1.29, 1.82) is 0 Å². The first kappa shape index (κ1) is 15.7. The minimum Gasteiger partial charge on any atom is -0.383 e. The largest absolute Gasteiger partial charge is 0.383 e. The van der Waals surface area contributed by atoms with Crippen molar-refractivity contribution in [2.45, 2.75) is 0 Å². The first-order valence-electron chi connectivity index (χ1n) is 7.87. The molecule has 3 rings (SSSR count). The van der Waals surface area contributed by atoms with Crippen molar-refractivity contribution in [2.24, 2.45) is 0 Å². The Morgan fingerprint density at radius 3 is 2.70 bits per heavy atom. The van der Waals surface area contributed by atoms with Crippen LogP contribution in [0.5, 0.6) is 0 Å². The molecule has 2 aromatic rings. The fourth-order valence-electron chi connectivity index (χ4n) is 2.49. The molecule has 0 amide bonds. The number of aromatic nitrogens is 2. The lowest BCUT2D eigenvalue weighted by molar-refractivity contribution is 0.122. The molecule has 0 spiro atoms. The number of anilines is 2. The van der Waals surface area contributed by atoms with Gasteiger partial charge < -0.3 is 19.7 Å². The quantitative estimate of drug-likeness (QED) is 0.824. The summed E-state index contributed by atoms with van der Waals surface area (Å²) in [4.78, 5) is 11.5. The molecule has 6 heteroatoms. The number of methoxy groups -OCH3 is 1. The van der Waals surface area contributed by atoms with E-state index in [-0.39, 0.29) is 0 Å². The van der Waals surface area contributed by atoms with Crippen LogP contribution in [-0.2, 0) is 9.47 Å². The molecule has 0 aliphatic carbocycles. The van der Waals surface area contributed by atoms with Crippen LogP contribution in [0, 0.1) is 0 Å². The molecule has 0 atom stereocenters. The zero-order valence-electron chi connectivity index (χ0n) is 13.4. The maximum Gasteiger partial charge on any atom is 0.225 e. The first-order chi connectivity index (χ1) is 11.4. The smallest absolute Gasteiger partial charge is 0.225 e. The van der Waals surface area contributed by atoms with Gasteiger partial charge in [0.15, 0.2) is 0 Å². The van der Waals surface area contributed by atoms with Gasteiger partial charge in [0.05, 0.1) is 25.5 Å². The maximum atomic E-state index is 5.43. The van der Waals surface area contributed by atoms with Gasteiger partial charge in [-0.3, -0.25) is 0 Å². The zero-order chi connectivity index (χ0) is 15.9. The van der Waals surface area contributed by atoms with Gasteiger partial charge in [-0.15, -0.1) is 0 Å². The molecule has 1 fully saturated rings. The summed E-state index contributed by atoms with van der Waals surface area (Å²) in [5.41, 5.74) is 2.00. The molecule has 0 radical (unpaired) electrons. The van der Waals surface area contributed by atoms with Gasteiger partial charge in [0.1, 0.15) is 5.82 Å². The van der Waals surface area contributed by atoms with Crippen LogP contribution in [-0.4, -0.2) is 56.5 Å². The highest BCUT2D eigenvalue weighted by molar-refractivity contribution is 5.64. The summed E-state index contributed by atoms with van der Waals surface area (Å²) >= 11 is 0. The Labute approximate surface area is 136 Å². The Morgan fingerprint density at radius 2 is 1.96 bits per heavy atom. The second-order valence-corrected chi connectivity index (χ2v) is 5.32. The van der Waals surface area contributed by atoms with Crippen molar-refractivity contribution in [2.75, 3.05) is 56.8 Å². The Morgan fingerprint density at radius 1 is 1.17 bits per heavy atom. The van der Waals surface area contributed by atoms with E-state index in [2.05, 4.69) is 32.3 Å². The van der Waals surface area contributed by atoms with Crippen LogP contribution in [0.15, 0.2) is 36.4 Å². The Kier molecular flexibility index (Phi) is 5.39. The maximum absolute atomic E-state index is 5.43. The topological polar surface area (TPSA) is 59.5 Å². The van der Waals surface area contributed by atoms with E-state index < -0.39 is 0 Å². The summed E-state index contributed by atoms with van der Waals surface area (Å²) in [5.74, 6) is 1.56. The lowest BCUT2D eigenvalue weighted by atomic mass is 10.1. The van der Waals surface area contributed by atoms with Gasteiger partial charge in [-0.25, -0.2) is 4.98 Å². The molecular weight excluding hydrogens is 292 g/mol. The standard InChI is InChI=1S/C17H22N4O2/c1-22-10-7-18-17-19-15(14-5-3-2-4-6-14)13-16(20-17)21-8-11-23-12-9-21/h2-6,13H,7-12H2,1H3,(H,18,19,20). The Bertz CT molecular complexity index is 615. The molecule has 1 aliphatic rings.